The molecule has 0 saturated carbocycles. The highest BCUT2D eigenvalue weighted by atomic mass is 28.5. The Balaban J connectivity index is 5.73. The summed E-state index contributed by atoms with van der Waals surface area (Å²) in [6.07, 6.45) is 3.60. The first kappa shape index (κ1) is 38.3. The molecule has 0 N–H and O–H groups in total. The summed E-state index contributed by atoms with van der Waals surface area (Å²) in [5.41, 5.74) is 0. The van der Waals surface area contributed by atoms with Crippen molar-refractivity contribution in [1.82, 2.24) is 0 Å². The Morgan fingerprint density at radius 2 is 1.05 bits per heavy atom. The molecule has 0 bridgehead atoms. The van der Waals surface area contributed by atoms with E-state index in [2.05, 4.69) is 93.6 Å². The van der Waals surface area contributed by atoms with Crippen LogP contribution in [0.15, 0.2) is 12.7 Å². The Morgan fingerprint density at radius 3 is 1.39 bits per heavy atom. The number of unbranched alkanes of at least 4 members (excludes halogenated alkanes) is 1. The van der Waals surface area contributed by atoms with Gasteiger partial charge in [0.15, 0.2) is 8.32 Å². The fraction of sp³-hybridized carbons (Fsp3) is 0.880. The average Bonchev–Trinajstić information content (AvgIpc) is 2.59. The summed E-state index contributed by atoms with van der Waals surface area (Å²) in [5.74, 6) is 0.220. The van der Waals surface area contributed by atoms with E-state index in [1.165, 1.54) is 18.9 Å². The second-order valence-corrected chi connectivity index (χ2v) is 35.8. The van der Waals surface area contributed by atoms with Gasteiger partial charge in [-0.1, -0.05) is 54.0 Å². The van der Waals surface area contributed by atoms with E-state index in [0.29, 0.717) is 23.9 Å². The number of carbonyl (C=O) groups is 1. The lowest BCUT2D eigenvalue weighted by molar-refractivity contribution is -0.130. The van der Waals surface area contributed by atoms with Crippen LogP contribution in [0.4, 0.5) is 0 Å². The van der Waals surface area contributed by atoms with E-state index in [9.17, 15) is 4.79 Å². The largest absolute Gasteiger partial charge is 0.492 e. The topological polar surface area (TPSA) is 72.5 Å². The molecule has 0 spiro atoms. The van der Waals surface area contributed by atoms with Crippen molar-refractivity contribution < 1.29 is 29.8 Å². The van der Waals surface area contributed by atoms with Crippen LogP contribution in [0.2, 0.25) is 83.6 Å². The highest BCUT2D eigenvalue weighted by molar-refractivity contribution is 6.91. The van der Waals surface area contributed by atoms with Gasteiger partial charge in [-0.15, -0.1) is 0 Å². The third-order valence-electron chi connectivity index (χ3n) is 5.45. The number of carbonyl (C=O) groups excluding carboxylic acids is 1. The van der Waals surface area contributed by atoms with Crippen LogP contribution in [0.25, 0.3) is 0 Å². The fourth-order valence-electron chi connectivity index (χ4n) is 5.37. The van der Waals surface area contributed by atoms with E-state index in [-0.39, 0.29) is 0 Å². The van der Waals surface area contributed by atoms with Gasteiger partial charge >= 0.3 is 48.8 Å². The smallest absolute Gasteiger partial charge is 0.393 e. The van der Waals surface area contributed by atoms with Crippen molar-refractivity contribution >= 4 is 57.1 Å². The summed E-state index contributed by atoms with van der Waals surface area (Å²) in [4.78, 5) is 12.4. The minimum Gasteiger partial charge on any atom is -0.492 e. The molecular formula is C25H60O7Si6. The summed E-state index contributed by atoms with van der Waals surface area (Å²) in [5, 5.41) is 0. The average molecular weight is 641 g/mol. The summed E-state index contributed by atoms with van der Waals surface area (Å²) < 4.78 is 39.8. The molecule has 0 aliphatic rings. The van der Waals surface area contributed by atoms with Gasteiger partial charge < -0.3 is 25.0 Å². The van der Waals surface area contributed by atoms with Crippen LogP contribution < -0.4 is 0 Å². The minimum absolute atomic E-state index is 0.321. The van der Waals surface area contributed by atoms with Crippen molar-refractivity contribution in [3.8, 4) is 0 Å². The first-order valence-electron chi connectivity index (χ1n) is 14.2. The maximum atomic E-state index is 12.4. The lowest BCUT2D eigenvalue weighted by atomic mass is 10.3. The van der Waals surface area contributed by atoms with Crippen molar-refractivity contribution in [2.75, 3.05) is 0 Å². The van der Waals surface area contributed by atoms with Crippen molar-refractivity contribution in [3.63, 3.8) is 0 Å². The van der Waals surface area contributed by atoms with Crippen LogP contribution >= 0.6 is 0 Å². The van der Waals surface area contributed by atoms with Crippen molar-refractivity contribution in [2.45, 2.75) is 131 Å². The second kappa shape index (κ2) is 15.0. The number of rotatable bonds is 19. The molecule has 0 unspecified atom stereocenters. The zero-order valence-corrected chi connectivity index (χ0v) is 33.3. The SMILES string of the molecule is C=CC(=O)O[Si](CC(C)C)(CC(C)C)O[Si](C)(C)O[Si](C)(C)O[Si](C)(C)O[Si](C)(C)O[Si](C)(C)CCCC. The molecule has 0 saturated heterocycles. The van der Waals surface area contributed by atoms with E-state index in [1.54, 1.807) is 0 Å². The van der Waals surface area contributed by atoms with Crippen LogP contribution in [0, 0.1) is 11.8 Å². The van der Waals surface area contributed by atoms with E-state index in [4.69, 9.17) is 25.0 Å². The van der Waals surface area contributed by atoms with Crippen LogP contribution in [0.1, 0.15) is 47.5 Å². The summed E-state index contributed by atoms with van der Waals surface area (Å²) in [7, 11) is -15.1. The van der Waals surface area contributed by atoms with Gasteiger partial charge in [-0.25, -0.2) is 4.79 Å². The number of hydrogen-bond donors (Lipinski definition) is 0. The van der Waals surface area contributed by atoms with Gasteiger partial charge in [-0.05, 0) is 83.4 Å². The second-order valence-electron chi connectivity index (χ2n) is 13.7. The number of hydrogen-bond acceptors (Lipinski definition) is 7. The normalized spacial score (nSPS) is 14.3. The van der Waals surface area contributed by atoms with Crippen LogP contribution in [0.3, 0.4) is 0 Å². The Kier molecular flexibility index (Phi) is 15.1. The van der Waals surface area contributed by atoms with E-state index in [1.807, 2.05) is 13.1 Å². The molecule has 13 heteroatoms. The fourth-order valence-corrected chi connectivity index (χ4v) is 36.4. The molecule has 0 atom stereocenters. The molecule has 0 rings (SSSR count). The van der Waals surface area contributed by atoms with Crippen molar-refractivity contribution in [1.29, 1.82) is 0 Å². The highest BCUT2D eigenvalue weighted by Gasteiger charge is 2.51. The third-order valence-corrected chi connectivity index (χ3v) is 29.9. The van der Waals surface area contributed by atoms with Crippen molar-refractivity contribution in [2.24, 2.45) is 11.8 Å². The third kappa shape index (κ3) is 16.5. The highest BCUT2D eigenvalue weighted by Crippen LogP contribution is 2.34. The summed E-state index contributed by atoms with van der Waals surface area (Å²) in [6, 6.07) is 2.57. The van der Waals surface area contributed by atoms with Crippen LogP contribution in [-0.2, 0) is 29.8 Å². The molecule has 7 nitrogen and oxygen atoms in total. The molecule has 0 aliphatic heterocycles. The summed E-state index contributed by atoms with van der Waals surface area (Å²) in [6.45, 7) is 35.6. The quantitative estimate of drug-likeness (QED) is 0.104. The molecule has 0 amide bonds. The zero-order chi connectivity index (χ0) is 30.2. The van der Waals surface area contributed by atoms with Gasteiger partial charge in [0.1, 0.15) is 0 Å². The van der Waals surface area contributed by atoms with Crippen molar-refractivity contribution in [3.05, 3.63) is 12.7 Å². The molecule has 226 valence electrons. The van der Waals surface area contributed by atoms with E-state index < -0.39 is 57.1 Å². The minimum atomic E-state index is -2.92. The molecule has 0 aromatic rings. The summed E-state index contributed by atoms with van der Waals surface area (Å²) >= 11 is 0. The van der Waals surface area contributed by atoms with Gasteiger partial charge in [0, 0.05) is 18.2 Å². The van der Waals surface area contributed by atoms with Gasteiger partial charge in [0.2, 0.25) is 0 Å². The maximum Gasteiger partial charge on any atom is 0.393 e. The molecule has 0 aromatic heterocycles. The molecule has 0 aliphatic carbocycles. The lowest BCUT2D eigenvalue weighted by Crippen LogP contribution is -2.61. The zero-order valence-electron chi connectivity index (χ0n) is 27.3. The molecule has 0 heterocycles. The first-order valence-corrected chi connectivity index (χ1v) is 30.9. The monoisotopic (exact) mass is 640 g/mol. The van der Waals surface area contributed by atoms with Crippen LogP contribution in [-0.4, -0.2) is 57.1 Å². The van der Waals surface area contributed by atoms with Gasteiger partial charge in [0.05, 0.1) is 0 Å². The Labute approximate surface area is 241 Å². The molecule has 0 radical (unpaired) electrons. The standard InChI is InChI=1S/C25H60O7Si6/c1-17-19-20-33(7,8)28-34(9,10)29-35(11,12)30-36(13,14)31-37(15,16)32-38(21-23(3)4,22-24(5)6)27-25(26)18-2/h18,23-24H,2,17,19-22H2,1,3-16H3. The van der Waals surface area contributed by atoms with Gasteiger partial charge in [-0.3, -0.25) is 0 Å². The van der Waals surface area contributed by atoms with E-state index >= 15 is 0 Å². The predicted octanol–water partition coefficient (Wildman–Crippen LogP) is 8.37. The van der Waals surface area contributed by atoms with Gasteiger partial charge in [0.25, 0.3) is 0 Å². The molecule has 38 heavy (non-hydrogen) atoms. The lowest BCUT2D eigenvalue weighted by Gasteiger charge is -2.44. The Morgan fingerprint density at radius 1 is 0.684 bits per heavy atom. The predicted molar refractivity (Wildman–Crippen MR) is 174 cm³/mol. The van der Waals surface area contributed by atoms with E-state index in [0.717, 1.165) is 6.04 Å². The Hall–Kier alpha value is 0.311. The maximum absolute atomic E-state index is 12.4. The molecule has 0 aromatic carbocycles. The Bertz CT molecular complexity index is 744. The van der Waals surface area contributed by atoms with Crippen LogP contribution in [0.5, 0.6) is 0 Å². The van der Waals surface area contributed by atoms with Gasteiger partial charge in [-0.2, -0.15) is 0 Å². The molecule has 0 fully saturated rings. The first-order chi connectivity index (χ1) is 16.9. The molecular weight excluding hydrogens is 581 g/mol.